The van der Waals surface area contributed by atoms with Gasteiger partial charge in [-0.3, -0.25) is 4.79 Å². The highest BCUT2D eigenvalue weighted by Gasteiger charge is 2.27. The maximum absolute atomic E-state index is 10.7. The van der Waals surface area contributed by atoms with Crippen molar-refractivity contribution in [2.45, 2.75) is 26.1 Å². The Labute approximate surface area is 63.6 Å². The van der Waals surface area contributed by atoms with Crippen LogP contribution in [0.2, 0.25) is 0 Å². The largest absolute Gasteiger partial charge is 0.423 e. The van der Waals surface area contributed by atoms with Crippen molar-refractivity contribution in [3.05, 3.63) is 4.91 Å². The Kier molecular flexibility index (Phi) is 2.40. The molecule has 1 fully saturated rings. The van der Waals surface area contributed by atoms with Gasteiger partial charge in [-0.15, -0.1) is 4.91 Å². The third-order valence-electron chi connectivity index (χ3n) is 1.53. The van der Waals surface area contributed by atoms with E-state index in [1.165, 1.54) is 0 Å². The van der Waals surface area contributed by atoms with Gasteiger partial charge in [-0.2, -0.15) is 0 Å². The maximum atomic E-state index is 10.7. The molecule has 62 valence electrons. The van der Waals surface area contributed by atoms with Gasteiger partial charge in [-0.1, -0.05) is 6.92 Å². The van der Waals surface area contributed by atoms with E-state index in [0.717, 1.165) is 0 Å². The highest BCUT2D eigenvalue weighted by atomic mass is 16.8. The van der Waals surface area contributed by atoms with Crippen LogP contribution in [0.15, 0.2) is 5.34 Å². The molecule has 0 radical (unpaired) electrons. The van der Waals surface area contributed by atoms with E-state index in [-0.39, 0.29) is 11.9 Å². The first-order chi connectivity index (χ1) is 5.22. The number of carbonyl (C=O) groups excluding carboxylic acids is 1. The summed E-state index contributed by atoms with van der Waals surface area (Å²) in [7, 11) is 0. The molecule has 11 heavy (non-hydrogen) atoms. The normalized spacial score (nSPS) is 30.8. The Morgan fingerprint density at radius 2 is 2.45 bits per heavy atom. The Morgan fingerprint density at radius 3 is 3.00 bits per heavy atom. The third kappa shape index (κ3) is 2.18. The highest BCUT2D eigenvalue weighted by molar-refractivity contribution is 5.70. The van der Waals surface area contributed by atoms with Gasteiger partial charge in [0.1, 0.15) is 0 Å². The molecule has 5 nitrogen and oxygen atoms in total. The van der Waals surface area contributed by atoms with Crippen LogP contribution in [0.4, 0.5) is 0 Å². The Bertz CT molecular complexity index is 170. The number of ether oxygens (including phenoxy) is 1. The van der Waals surface area contributed by atoms with Crippen LogP contribution in [0.25, 0.3) is 0 Å². The van der Waals surface area contributed by atoms with Crippen LogP contribution in [0, 0.1) is 10.8 Å². The number of nitrogens with zero attached hydrogens (tertiary/aromatic N) is 1. The van der Waals surface area contributed by atoms with E-state index >= 15 is 0 Å². The summed E-state index contributed by atoms with van der Waals surface area (Å²) in [6, 6.07) is 0. The number of esters is 1. The number of carbonyl (C=O) groups is 1. The molecule has 0 bridgehead atoms. The monoisotopic (exact) mass is 159 g/mol. The maximum Gasteiger partial charge on any atom is 0.309 e. The van der Waals surface area contributed by atoms with Gasteiger partial charge in [0.25, 0.3) is 6.29 Å². The molecule has 0 spiro atoms. The lowest BCUT2D eigenvalue weighted by atomic mass is 10.0. The number of hydrogen-bond donors (Lipinski definition) is 0. The van der Waals surface area contributed by atoms with E-state index in [2.05, 4.69) is 14.9 Å². The summed E-state index contributed by atoms with van der Waals surface area (Å²) >= 11 is 0. The Hall–Kier alpha value is -1.13. The average molecular weight is 159 g/mol. The highest BCUT2D eigenvalue weighted by Crippen LogP contribution is 2.20. The van der Waals surface area contributed by atoms with E-state index < -0.39 is 6.29 Å². The number of hydrogen-bond acceptors (Lipinski definition) is 5. The fourth-order valence-corrected chi connectivity index (χ4v) is 1.05. The van der Waals surface area contributed by atoms with Crippen molar-refractivity contribution in [3.63, 3.8) is 0 Å². The second kappa shape index (κ2) is 3.32. The second-order valence-corrected chi connectivity index (χ2v) is 2.64. The van der Waals surface area contributed by atoms with Crippen molar-refractivity contribution in [2.24, 2.45) is 11.3 Å². The smallest absolute Gasteiger partial charge is 0.309 e. The molecule has 0 aromatic heterocycles. The van der Waals surface area contributed by atoms with Crippen LogP contribution in [0.1, 0.15) is 19.8 Å². The van der Waals surface area contributed by atoms with E-state index in [4.69, 9.17) is 0 Å². The molecule has 0 N–H and O–H groups in total. The van der Waals surface area contributed by atoms with Gasteiger partial charge in [-0.25, -0.2) is 0 Å². The number of cyclic esters (lactones) is 1. The van der Waals surface area contributed by atoms with Crippen molar-refractivity contribution in [3.8, 4) is 0 Å². The summed E-state index contributed by atoms with van der Waals surface area (Å²) in [6.45, 7) is 1.89. The van der Waals surface area contributed by atoms with Gasteiger partial charge in [-0.05, 0) is 5.92 Å². The summed E-state index contributed by atoms with van der Waals surface area (Å²) in [5.41, 5.74) is 0. The quantitative estimate of drug-likeness (QED) is 0.342. The lowest BCUT2D eigenvalue weighted by Gasteiger charge is -2.23. The lowest BCUT2D eigenvalue weighted by molar-refractivity contribution is -0.194. The molecule has 0 unspecified atom stereocenters. The molecule has 1 rings (SSSR count). The summed E-state index contributed by atoms with van der Waals surface area (Å²) in [6.07, 6.45) is 0.152. The van der Waals surface area contributed by atoms with E-state index in [1.54, 1.807) is 0 Å². The minimum atomic E-state index is -0.774. The molecule has 1 aliphatic heterocycles. The van der Waals surface area contributed by atoms with Crippen molar-refractivity contribution in [1.29, 1.82) is 0 Å². The molecule has 5 heteroatoms. The summed E-state index contributed by atoms with van der Waals surface area (Å²) < 4.78 is 4.64. The predicted molar refractivity (Wildman–Crippen MR) is 35.2 cm³/mol. The van der Waals surface area contributed by atoms with E-state index in [1.807, 2.05) is 6.92 Å². The predicted octanol–water partition coefficient (Wildman–Crippen LogP) is 0.984. The van der Waals surface area contributed by atoms with Crippen molar-refractivity contribution in [2.75, 3.05) is 0 Å². The van der Waals surface area contributed by atoms with Crippen LogP contribution in [-0.4, -0.2) is 12.3 Å². The Balaban J connectivity index is 2.42. The fourth-order valence-electron chi connectivity index (χ4n) is 1.05. The Morgan fingerprint density at radius 1 is 1.73 bits per heavy atom. The van der Waals surface area contributed by atoms with E-state index in [9.17, 15) is 9.70 Å². The van der Waals surface area contributed by atoms with E-state index in [0.29, 0.717) is 12.8 Å². The fraction of sp³-hybridized carbons (Fsp3) is 0.833. The molecule has 0 aromatic carbocycles. The lowest BCUT2D eigenvalue weighted by Crippen LogP contribution is -2.29. The van der Waals surface area contributed by atoms with Crippen LogP contribution in [0.3, 0.4) is 0 Å². The first-order valence-corrected chi connectivity index (χ1v) is 3.40. The third-order valence-corrected chi connectivity index (χ3v) is 1.53. The molecule has 1 saturated heterocycles. The van der Waals surface area contributed by atoms with Gasteiger partial charge in [0, 0.05) is 12.8 Å². The van der Waals surface area contributed by atoms with Crippen LogP contribution >= 0.6 is 0 Å². The molecule has 1 heterocycles. The van der Waals surface area contributed by atoms with Crippen molar-refractivity contribution in [1.82, 2.24) is 0 Å². The minimum absolute atomic E-state index is 0.197. The van der Waals surface area contributed by atoms with Crippen molar-refractivity contribution < 1.29 is 14.4 Å². The topological polar surface area (TPSA) is 65.0 Å². The molecular weight excluding hydrogens is 150 g/mol. The van der Waals surface area contributed by atoms with Gasteiger partial charge in [0.2, 0.25) is 0 Å². The van der Waals surface area contributed by atoms with Gasteiger partial charge in [0.05, 0.1) is 0 Å². The van der Waals surface area contributed by atoms with Crippen LogP contribution in [-0.2, 0) is 14.4 Å². The molecule has 0 amide bonds. The van der Waals surface area contributed by atoms with Gasteiger partial charge >= 0.3 is 5.97 Å². The van der Waals surface area contributed by atoms with Crippen LogP contribution in [0.5, 0.6) is 0 Å². The minimum Gasteiger partial charge on any atom is -0.423 e. The average Bonchev–Trinajstić information content (AvgIpc) is 1.85. The molecule has 0 aliphatic carbocycles. The SMILES string of the molecule is C[C@@H]1CC(=O)O[C@@H](ON=O)C1. The summed E-state index contributed by atoms with van der Waals surface area (Å²) in [5.74, 6) is -0.139. The molecule has 0 aromatic rings. The van der Waals surface area contributed by atoms with Gasteiger partial charge in [0.15, 0.2) is 5.34 Å². The standard InChI is InChI=1S/C6H9NO4/c1-4-2-5(8)10-6(3-4)11-7-9/h4,6H,2-3H2,1H3/t4-,6+/m1/s1. The molecule has 1 aliphatic rings. The second-order valence-electron chi connectivity index (χ2n) is 2.64. The molecular formula is C6H9NO4. The summed E-state index contributed by atoms with van der Waals surface area (Å²) in [5, 5.41) is 2.20. The molecule has 2 atom stereocenters. The van der Waals surface area contributed by atoms with Gasteiger partial charge < -0.3 is 9.57 Å². The molecule has 0 saturated carbocycles. The summed E-state index contributed by atoms with van der Waals surface area (Å²) in [4.78, 5) is 24.6. The zero-order chi connectivity index (χ0) is 8.27. The zero-order valence-electron chi connectivity index (χ0n) is 6.15. The number of rotatable bonds is 2. The first kappa shape index (κ1) is 7.97. The van der Waals surface area contributed by atoms with Crippen molar-refractivity contribution >= 4 is 5.97 Å². The zero-order valence-corrected chi connectivity index (χ0v) is 6.15. The van der Waals surface area contributed by atoms with Crippen LogP contribution < -0.4 is 0 Å². The first-order valence-electron chi connectivity index (χ1n) is 3.40.